The fourth-order valence-corrected chi connectivity index (χ4v) is 8.16. The van der Waals surface area contributed by atoms with E-state index in [-0.39, 0.29) is 30.3 Å². The Labute approximate surface area is 452 Å². The van der Waals surface area contributed by atoms with Crippen LogP contribution in [0.4, 0.5) is 0 Å². The van der Waals surface area contributed by atoms with Crippen molar-refractivity contribution in [2.75, 3.05) is 0 Å². The van der Waals surface area contributed by atoms with Crippen molar-refractivity contribution in [2.45, 2.75) is 0 Å². The number of hydrogen-bond acceptors (Lipinski definition) is 4. The number of nitrogens with zero attached hydrogens (tertiary/aromatic N) is 4. The van der Waals surface area contributed by atoms with E-state index in [9.17, 15) is 0 Å². The van der Waals surface area contributed by atoms with E-state index >= 15 is 0 Å². The van der Waals surface area contributed by atoms with Gasteiger partial charge in [0.1, 0.15) is 0 Å². The third-order valence-electron chi connectivity index (χ3n) is 11.6. The molecule has 4 aromatic heterocycles. The Kier molecular flexibility index (Phi) is 20.5. The largest absolute Gasteiger partial charge is 0.360 e. The zero-order chi connectivity index (χ0) is 48.8. The molecule has 12 aromatic rings. The Morgan fingerprint density at radius 3 is 0.500 bits per heavy atom. The molecule has 6 heteroatoms. The van der Waals surface area contributed by atoms with E-state index in [1.54, 1.807) is 24.8 Å². The maximum Gasteiger partial charge on any atom is 0 e. The van der Waals surface area contributed by atoms with Gasteiger partial charge >= 0.3 is 0 Å². The van der Waals surface area contributed by atoms with Crippen LogP contribution in [0, 0.1) is 24.8 Å². The summed E-state index contributed by atoms with van der Waals surface area (Å²) in [5.74, 6) is 0. The normalized spacial score (nSPS) is 9.95. The van der Waals surface area contributed by atoms with Crippen molar-refractivity contribution < 1.29 is 20.4 Å². The van der Waals surface area contributed by atoms with Crippen LogP contribution in [0.25, 0.3) is 89.0 Å². The Hall–Kier alpha value is -8.55. The van der Waals surface area contributed by atoms with E-state index in [2.05, 4.69) is 142 Å². The first kappa shape index (κ1) is 53.3. The minimum Gasteiger partial charge on any atom is -0.360 e. The zero-order valence-electron chi connectivity index (χ0n) is 40.5. The summed E-state index contributed by atoms with van der Waals surface area (Å²) in [7, 11) is 0. The summed E-state index contributed by atoms with van der Waals surface area (Å²) >= 11 is 0. The third-order valence-corrected chi connectivity index (χ3v) is 11.6. The fraction of sp³-hybridized carbons (Fsp3) is 0. The van der Waals surface area contributed by atoms with Crippen molar-refractivity contribution in [3.63, 3.8) is 0 Å². The van der Waals surface area contributed by atoms with Gasteiger partial charge in [0.15, 0.2) is 0 Å². The average molecular weight is 1060 g/mol. The summed E-state index contributed by atoms with van der Waals surface area (Å²) in [4.78, 5) is 16.5. The molecule has 0 aliphatic rings. The van der Waals surface area contributed by atoms with Gasteiger partial charge in [-0.2, -0.15) is 9.90 Å². The third kappa shape index (κ3) is 14.3. The molecule has 0 radical (unpaired) electrons. The summed E-state index contributed by atoms with van der Waals surface area (Å²) < 4.78 is 0. The number of aromatic nitrogens is 4. The van der Waals surface area contributed by atoms with E-state index in [1.165, 1.54) is 22.3 Å². The van der Waals surface area contributed by atoms with Gasteiger partial charge in [0.2, 0.25) is 0 Å². The molecule has 74 heavy (non-hydrogen) atoms. The van der Waals surface area contributed by atoms with Crippen LogP contribution in [0.5, 0.6) is 0 Å². The van der Waals surface area contributed by atoms with Gasteiger partial charge in [-0.15, -0.1) is 46.5 Å². The Morgan fingerprint density at radius 1 is 0.189 bits per heavy atom. The molecule has 8 aromatic carbocycles. The van der Waals surface area contributed by atoms with Crippen molar-refractivity contribution >= 4 is 9.90 Å². The first-order valence-corrected chi connectivity index (χ1v) is 23.7. The minimum atomic E-state index is 0. The van der Waals surface area contributed by atoms with Crippen molar-refractivity contribution in [3.05, 3.63) is 316 Å². The molecule has 1 unspecified atom stereocenters. The van der Waals surface area contributed by atoms with Crippen LogP contribution in [0.3, 0.4) is 0 Å². The number of rotatable bonds is 8. The van der Waals surface area contributed by atoms with Gasteiger partial charge in [-0.25, -0.2) is 0 Å². The Morgan fingerprint density at radius 2 is 0.338 bits per heavy atom. The van der Waals surface area contributed by atoms with Crippen LogP contribution >= 0.6 is 9.90 Å². The van der Waals surface area contributed by atoms with E-state index in [4.69, 9.17) is 0 Å². The molecule has 0 amide bonds. The molecule has 0 saturated heterocycles. The average Bonchev–Trinajstić information content (AvgIpc) is 3.49. The van der Waals surface area contributed by atoms with Crippen LogP contribution < -0.4 is 0 Å². The molecular weight excluding hydrogens is 1010 g/mol. The summed E-state index contributed by atoms with van der Waals surface area (Å²) in [6.07, 6.45) is 19.6. The smallest absolute Gasteiger partial charge is 0 e. The van der Waals surface area contributed by atoms with Gasteiger partial charge in [-0.05, 0) is 24.8 Å². The monoisotopic (exact) mass is 1060 g/mol. The molecule has 0 saturated carbocycles. The van der Waals surface area contributed by atoms with Gasteiger partial charge in [0, 0.05) is 20.4 Å². The van der Waals surface area contributed by atoms with Crippen LogP contribution in [0.1, 0.15) is 0 Å². The molecule has 0 N–H and O–H groups in total. The van der Waals surface area contributed by atoms with Gasteiger partial charge in [0.25, 0.3) is 0 Å². The van der Waals surface area contributed by atoms with E-state index < -0.39 is 0 Å². The molecule has 4 nitrogen and oxygen atoms in total. The van der Waals surface area contributed by atoms with Crippen LogP contribution in [0.15, 0.2) is 292 Å². The molecule has 0 bridgehead atoms. The quantitative estimate of drug-likeness (QED) is 0.0864. The first-order chi connectivity index (χ1) is 35.8. The van der Waals surface area contributed by atoms with Crippen LogP contribution in [0.2, 0.25) is 0 Å². The minimum absolute atomic E-state index is 0. The van der Waals surface area contributed by atoms with Crippen molar-refractivity contribution in [1.29, 1.82) is 0 Å². The maximum absolute atomic E-state index is 4.12. The number of pyridine rings is 4. The van der Waals surface area contributed by atoms with Crippen molar-refractivity contribution in [2.24, 2.45) is 0 Å². The molecule has 0 fully saturated rings. The molecule has 0 aliphatic carbocycles. The van der Waals surface area contributed by atoms with Gasteiger partial charge < -0.3 is 19.9 Å². The SMILES string of the molecule is P.[Pd].[c-]1nccc(-c2ccccc2)c1-c1ccccc1.[c-]1nccc(-c2ccccc2)c1-c1ccccc1.[c-]1nccc(-c2ccccc2)c1-c1ccccc1.[c-]1nccc(-c2ccccc2)c1-c1ccccc1. The summed E-state index contributed by atoms with van der Waals surface area (Å²) in [5.41, 5.74) is 18.2. The predicted molar refractivity (Wildman–Crippen MR) is 307 cm³/mol. The van der Waals surface area contributed by atoms with E-state index in [0.29, 0.717) is 0 Å². The zero-order valence-corrected chi connectivity index (χ0v) is 43.5. The Balaban J connectivity index is 0.000000143. The molecular formula is C68H51N4PPd-4. The molecule has 0 spiro atoms. The number of benzene rings is 8. The number of hydrogen-bond donors (Lipinski definition) is 0. The second-order valence-electron chi connectivity index (χ2n) is 16.3. The summed E-state index contributed by atoms with van der Waals surface area (Å²) in [5, 5.41) is 0. The molecule has 4 heterocycles. The van der Waals surface area contributed by atoms with E-state index in [0.717, 1.165) is 66.8 Å². The second-order valence-corrected chi connectivity index (χ2v) is 16.3. The maximum atomic E-state index is 4.12. The van der Waals surface area contributed by atoms with E-state index in [1.807, 2.05) is 170 Å². The van der Waals surface area contributed by atoms with Gasteiger partial charge in [-0.3, -0.25) is 0 Å². The molecule has 12 rings (SSSR count). The molecule has 362 valence electrons. The predicted octanol–water partition coefficient (Wildman–Crippen LogP) is 16.9. The Bertz CT molecular complexity index is 2780. The fourth-order valence-electron chi connectivity index (χ4n) is 8.16. The second kappa shape index (κ2) is 28.5. The summed E-state index contributed by atoms with van der Waals surface area (Å²) in [6.45, 7) is 0. The topological polar surface area (TPSA) is 51.6 Å². The van der Waals surface area contributed by atoms with Crippen LogP contribution in [-0.2, 0) is 20.4 Å². The van der Waals surface area contributed by atoms with Crippen molar-refractivity contribution in [1.82, 2.24) is 19.9 Å². The van der Waals surface area contributed by atoms with Gasteiger partial charge in [-0.1, -0.05) is 334 Å². The van der Waals surface area contributed by atoms with Gasteiger partial charge in [0.05, 0.1) is 0 Å². The standard InChI is InChI=1S/4C17H12N.H3P.Pd/c4*1-3-7-14(8-4-1)16-11-12-18-13-17(16)15-9-5-2-6-10-15;;/h4*1-12H;1H3;/q4*-1;;. The first-order valence-electron chi connectivity index (χ1n) is 23.7. The molecule has 1 atom stereocenters. The molecule has 0 aliphatic heterocycles. The van der Waals surface area contributed by atoms with Crippen molar-refractivity contribution in [3.8, 4) is 89.0 Å². The summed E-state index contributed by atoms with van der Waals surface area (Å²) in [6, 6.07) is 90.5. The van der Waals surface area contributed by atoms with Crippen LogP contribution in [-0.4, -0.2) is 19.9 Å².